The van der Waals surface area contributed by atoms with E-state index in [1.54, 1.807) is 26.0 Å². The van der Waals surface area contributed by atoms with E-state index in [1.165, 1.54) is 32.1 Å². The number of rotatable bonds is 15. The van der Waals surface area contributed by atoms with Gasteiger partial charge in [-0.1, -0.05) is 63.3 Å². The third-order valence-electron chi connectivity index (χ3n) is 5.16. The molecule has 0 spiro atoms. The topological polar surface area (TPSA) is 98.8 Å². The molecule has 32 heavy (non-hydrogen) atoms. The number of carbonyl (C=O) groups excluding carboxylic acids is 4. The van der Waals surface area contributed by atoms with Crippen LogP contribution in [0.5, 0.6) is 0 Å². The first-order chi connectivity index (χ1) is 15.3. The van der Waals surface area contributed by atoms with Gasteiger partial charge in [-0.15, -0.1) is 0 Å². The van der Waals surface area contributed by atoms with Crippen molar-refractivity contribution < 1.29 is 28.7 Å². The Labute approximate surface area is 191 Å². The Hall–Kier alpha value is -2.70. The number of nitrogens with one attached hydrogen (secondary N) is 1. The molecule has 0 bridgehead atoms. The Kier molecular flexibility index (Phi) is 12.3. The molecule has 7 heteroatoms. The fourth-order valence-corrected chi connectivity index (χ4v) is 3.49. The van der Waals surface area contributed by atoms with Crippen LogP contribution in [0, 0.1) is 0 Å². The maximum absolute atomic E-state index is 13.0. The number of amides is 1. The highest BCUT2D eigenvalue weighted by molar-refractivity contribution is 6.13. The maximum Gasteiger partial charge on any atom is 0.344 e. The summed E-state index contributed by atoms with van der Waals surface area (Å²) in [6.07, 6.45) is 7.62. The average Bonchev–Trinajstić information content (AvgIpc) is 2.76. The van der Waals surface area contributed by atoms with E-state index < -0.39 is 35.6 Å². The summed E-state index contributed by atoms with van der Waals surface area (Å²) in [5.74, 6) is -3.14. The van der Waals surface area contributed by atoms with Crippen LogP contribution in [-0.2, 0) is 30.3 Å². The summed E-state index contributed by atoms with van der Waals surface area (Å²) >= 11 is 0. The first kappa shape index (κ1) is 27.3. The predicted molar refractivity (Wildman–Crippen MR) is 122 cm³/mol. The molecule has 1 rings (SSSR count). The van der Waals surface area contributed by atoms with Crippen LogP contribution >= 0.6 is 0 Å². The summed E-state index contributed by atoms with van der Waals surface area (Å²) in [5.41, 5.74) is -0.743. The first-order valence-electron chi connectivity index (χ1n) is 11.6. The fraction of sp³-hybridized carbons (Fsp3) is 0.600. The van der Waals surface area contributed by atoms with E-state index in [4.69, 9.17) is 9.47 Å². The number of hydrogen-bond donors (Lipinski definition) is 1. The molecular weight excluding hydrogens is 410 g/mol. The van der Waals surface area contributed by atoms with Crippen molar-refractivity contribution in [3.63, 3.8) is 0 Å². The molecule has 1 aromatic carbocycles. The van der Waals surface area contributed by atoms with Gasteiger partial charge in [-0.25, -0.2) is 9.59 Å². The zero-order valence-corrected chi connectivity index (χ0v) is 19.8. The van der Waals surface area contributed by atoms with Crippen LogP contribution in [0.2, 0.25) is 0 Å². The Morgan fingerprint density at radius 3 is 1.84 bits per heavy atom. The van der Waals surface area contributed by atoms with Crippen LogP contribution in [0.15, 0.2) is 24.3 Å². The van der Waals surface area contributed by atoms with Gasteiger partial charge in [-0.3, -0.25) is 9.59 Å². The highest BCUT2D eigenvalue weighted by atomic mass is 16.6. The molecule has 0 saturated heterocycles. The van der Waals surface area contributed by atoms with E-state index >= 15 is 0 Å². The Morgan fingerprint density at radius 1 is 0.812 bits per heavy atom. The van der Waals surface area contributed by atoms with Crippen LogP contribution in [-0.4, -0.2) is 42.4 Å². The third kappa shape index (κ3) is 8.44. The van der Waals surface area contributed by atoms with Crippen LogP contribution in [0.3, 0.4) is 0 Å². The molecule has 1 aromatic rings. The van der Waals surface area contributed by atoms with E-state index in [9.17, 15) is 19.2 Å². The van der Waals surface area contributed by atoms with E-state index in [0.29, 0.717) is 5.56 Å². The van der Waals surface area contributed by atoms with Crippen molar-refractivity contribution in [3.8, 4) is 0 Å². The highest BCUT2D eigenvalue weighted by Crippen LogP contribution is 2.21. The van der Waals surface area contributed by atoms with Gasteiger partial charge in [0.1, 0.15) is 0 Å². The minimum atomic E-state index is -2.22. The minimum Gasteiger partial charge on any atom is -0.464 e. The maximum atomic E-state index is 13.0. The normalized spacial score (nSPS) is 11.0. The second kappa shape index (κ2) is 14.4. The summed E-state index contributed by atoms with van der Waals surface area (Å²) < 4.78 is 10.0. The number of carbonyl (C=O) groups is 4. The second-order valence-electron chi connectivity index (χ2n) is 7.84. The molecule has 1 amide bonds. The minimum absolute atomic E-state index is 0.0130. The Bertz CT molecular complexity index is 738. The molecule has 0 radical (unpaired) electrons. The quantitative estimate of drug-likeness (QED) is 0.188. The molecule has 1 N–H and O–H groups in total. The number of aryl methyl sites for hydroxylation is 1. The first-order valence-corrected chi connectivity index (χ1v) is 11.6. The van der Waals surface area contributed by atoms with Gasteiger partial charge in [0.05, 0.1) is 19.6 Å². The van der Waals surface area contributed by atoms with Crippen LogP contribution in [0.1, 0.15) is 88.6 Å². The molecule has 0 atom stereocenters. The van der Waals surface area contributed by atoms with Gasteiger partial charge in [0.15, 0.2) is 5.78 Å². The molecule has 0 aromatic heterocycles. The lowest BCUT2D eigenvalue weighted by Crippen LogP contribution is -2.62. The summed E-state index contributed by atoms with van der Waals surface area (Å²) in [6.45, 7) is 6.48. The van der Waals surface area contributed by atoms with Gasteiger partial charge in [0.25, 0.3) is 0 Å². The second-order valence-corrected chi connectivity index (χ2v) is 7.84. The number of hydrogen-bond acceptors (Lipinski definition) is 6. The van der Waals surface area contributed by atoms with Crippen LogP contribution in [0.4, 0.5) is 0 Å². The van der Waals surface area contributed by atoms with Gasteiger partial charge in [0.2, 0.25) is 11.4 Å². The lowest BCUT2D eigenvalue weighted by molar-refractivity contribution is -0.167. The Balaban J connectivity index is 2.93. The van der Waals surface area contributed by atoms with Crippen molar-refractivity contribution in [1.29, 1.82) is 0 Å². The molecule has 178 valence electrons. The number of benzene rings is 1. The fourth-order valence-electron chi connectivity index (χ4n) is 3.49. The van der Waals surface area contributed by atoms with Crippen molar-refractivity contribution in [2.45, 2.75) is 84.6 Å². The Morgan fingerprint density at radius 2 is 1.34 bits per heavy atom. The van der Waals surface area contributed by atoms with Gasteiger partial charge in [-0.2, -0.15) is 0 Å². The molecule has 0 heterocycles. The van der Waals surface area contributed by atoms with E-state index in [1.807, 2.05) is 12.1 Å². The van der Waals surface area contributed by atoms with Crippen molar-refractivity contribution in [1.82, 2.24) is 5.32 Å². The molecule has 0 aliphatic rings. The van der Waals surface area contributed by atoms with Crippen LogP contribution in [0.25, 0.3) is 0 Å². The molecule has 0 aliphatic heterocycles. The zero-order chi connectivity index (χ0) is 24.0. The average molecular weight is 448 g/mol. The molecular formula is C25H37NO6. The summed E-state index contributed by atoms with van der Waals surface area (Å²) in [5, 5.41) is 2.31. The monoisotopic (exact) mass is 447 g/mol. The molecule has 7 nitrogen and oxygen atoms in total. The lowest BCUT2D eigenvalue weighted by atomic mass is 9.89. The molecule has 0 saturated carbocycles. The molecule has 0 fully saturated rings. The number of ketones is 1. The lowest BCUT2D eigenvalue weighted by Gasteiger charge is -2.29. The van der Waals surface area contributed by atoms with Gasteiger partial charge in [0, 0.05) is 12.5 Å². The largest absolute Gasteiger partial charge is 0.464 e. The van der Waals surface area contributed by atoms with Crippen molar-refractivity contribution >= 4 is 23.6 Å². The third-order valence-corrected chi connectivity index (χ3v) is 5.16. The number of Topliss-reactive ketones (excluding diaryl/α,β-unsaturated/α-hetero) is 1. The van der Waals surface area contributed by atoms with Gasteiger partial charge < -0.3 is 14.8 Å². The summed E-state index contributed by atoms with van der Waals surface area (Å²) in [4.78, 5) is 50.1. The highest BCUT2D eigenvalue weighted by Gasteiger charge is 2.51. The number of ether oxygens (including phenoxy) is 2. The van der Waals surface area contributed by atoms with Crippen molar-refractivity contribution in [2.24, 2.45) is 0 Å². The summed E-state index contributed by atoms with van der Waals surface area (Å²) in [7, 11) is 0. The molecule has 0 aliphatic carbocycles. The van der Waals surface area contributed by atoms with E-state index in [2.05, 4.69) is 12.2 Å². The summed E-state index contributed by atoms with van der Waals surface area (Å²) in [6, 6.07) is 7.13. The zero-order valence-electron chi connectivity index (χ0n) is 19.8. The predicted octanol–water partition coefficient (Wildman–Crippen LogP) is 4.16. The smallest absolute Gasteiger partial charge is 0.344 e. The molecule has 0 unspecified atom stereocenters. The van der Waals surface area contributed by atoms with Crippen molar-refractivity contribution in [3.05, 3.63) is 35.4 Å². The van der Waals surface area contributed by atoms with E-state index in [-0.39, 0.29) is 13.2 Å². The van der Waals surface area contributed by atoms with Crippen molar-refractivity contribution in [2.75, 3.05) is 13.2 Å². The number of unbranched alkanes of at least 4 members (excludes halogenated alkanes) is 5. The number of esters is 2. The van der Waals surface area contributed by atoms with Gasteiger partial charge >= 0.3 is 11.9 Å². The SMILES string of the molecule is CCCCCCCCc1ccc(C(=O)CC(NC(C)=O)(C(=O)OCC)C(=O)OCC)cc1. The van der Waals surface area contributed by atoms with Gasteiger partial charge in [-0.05, 0) is 32.3 Å². The van der Waals surface area contributed by atoms with E-state index in [0.717, 1.165) is 25.3 Å². The standard InChI is InChI=1S/C25H37NO6/c1-5-8-9-10-11-12-13-20-14-16-21(17-15-20)22(28)18-25(26-19(4)27,23(29)31-6-2)24(30)32-7-3/h14-17H,5-13,18H2,1-4H3,(H,26,27). The van der Waals surface area contributed by atoms with Crippen LogP contribution < -0.4 is 5.32 Å².